The van der Waals surface area contributed by atoms with E-state index < -0.39 is 10.1 Å². The van der Waals surface area contributed by atoms with Crippen molar-refractivity contribution in [2.45, 2.75) is 32.6 Å². The normalized spacial score (nSPS) is 11.2. The highest BCUT2D eigenvalue weighted by atomic mass is 32.2. The summed E-state index contributed by atoms with van der Waals surface area (Å²) in [5, 5.41) is 0. The predicted octanol–water partition coefficient (Wildman–Crippen LogP) is 1.76. The molecular formula is C17H21N3O3S. The molecule has 0 aliphatic carbocycles. The van der Waals surface area contributed by atoms with Crippen molar-refractivity contribution >= 4 is 15.6 Å². The molecule has 1 aromatic carbocycles. The topological polar surface area (TPSA) is 92.2 Å². The van der Waals surface area contributed by atoms with Gasteiger partial charge in [0.25, 0.3) is 5.82 Å². The number of hydrogen-bond acceptors (Lipinski definition) is 4. The van der Waals surface area contributed by atoms with Gasteiger partial charge in [-0.15, -0.1) is 4.68 Å². The minimum absolute atomic E-state index is 0.0851. The Kier molecular flexibility index (Phi) is 4.96. The summed E-state index contributed by atoms with van der Waals surface area (Å²) >= 11 is 0. The van der Waals surface area contributed by atoms with E-state index >= 15 is 0 Å². The summed E-state index contributed by atoms with van der Waals surface area (Å²) in [5.74, 6) is 6.68. The molecule has 7 heteroatoms. The lowest BCUT2D eigenvalue weighted by atomic mass is 10.1. The van der Waals surface area contributed by atoms with Crippen molar-refractivity contribution in [3.05, 3.63) is 65.2 Å². The van der Waals surface area contributed by atoms with Gasteiger partial charge in [0.05, 0.1) is 11.1 Å². The fourth-order valence-corrected chi connectivity index (χ4v) is 3.68. The lowest BCUT2D eigenvalue weighted by Crippen LogP contribution is -2.25. The van der Waals surface area contributed by atoms with Crippen molar-refractivity contribution in [2.75, 3.05) is 5.84 Å². The van der Waals surface area contributed by atoms with E-state index in [1.807, 2.05) is 48.8 Å². The van der Waals surface area contributed by atoms with Gasteiger partial charge in [-0.1, -0.05) is 23.8 Å². The summed E-state index contributed by atoms with van der Waals surface area (Å²) in [5.41, 5.74) is 3.12. The molecule has 6 nitrogen and oxygen atoms in total. The quantitative estimate of drug-likeness (QED) is 0.412. The number of rotatable bonds is 1. The molecule has 2 N–H and O–H groups in total. The van der Waals surface area contributed by atoms with Crippen LogP contribution in [0.5, 0.6) is 0 Å². The molecule has 24 heavy (non-hydrogen) atoms. The molecule has 0 amide bonds. The lowest BCUT2D eigenvalue weighted by molar-refractivity contribution is -0.520. The largest absolute Gasteiger partial charge is 0.744 e. The van der Waals surface area contributed by atoms with Crippen molar-refractivity contribution in [3.63, 3.8) is 0 Å². The molecular weight excluding hydrogens is 326 g/mol. The second-order valence-electron chi connectivity index (χ2n) is 5.76. The second kappa shape index (κ2) is 6.62. The van der Waals surface area contributed by atoms with Crippen molar-refractivity contribution in [2.24, 2.45) is 0 Å². The van der Waals surface area contributed by atoms with Crippen LogP contribution in [0, 0.1) is 27.7 Å². The van der Waals surface area contributed by atoms with Crippen LogP contribution in [0.4, 0.5) is 0 Å². The Labute approximate surface area is 141 Å². The third kappa shape index (κ3) is 3.74. The van der Waals surface area contributed by atoms with Crippen molar-refractivity contribution < 1.29 is 17.4 Å². The van der Waals surface area contributed by atoms with E-state index in [1.54, 1.807) is 30.7 Å². The first-order valence-corrected chi connectivity index (χ1v) is 8.79. The summed E-state index contributed by atoms with van der Waals surface area (Å²) in [6, 6.07) is 9.39. The third-order valence-corrected chi connectivity index (χ3v) is 4.88. The Balaban J connectivity index is 0.000000175. The Bertz CT molecular complexity index is 968. The molecule has 3 rings (SSSR count). The highest BCUT2D eigenvalue weighted by Crippen LogP contribution is 2.20. The zero-order valence-corrected chi connectivity index (χ0v) is 15.0. The number of pyridine rings is 1. The number of nitrogen functional groups attached to an aromatic ring is 1. The molecule has 0 unspecified atom stereocenters. The van der Waals surface area contributed by atoms with Gasteiger partial charge in [0.2, 0.25) is 0 Å². The molecule has 0 aliphatic rings. The number of nitrogens with zero attached hydrogens (tertiary/aromatic N) is 2. The molecule has 0 aliphatic heterocycles. The Morgan fingerprint density at radius 1 is 1.08 bits per heavy atom. The molecule has 0 saturated carbocycles. The summed E-state index contributed by atoms with van der Waals surface area (Å²) in [6.07, 6.45) is 3.89. The Hall–Kier alpha value is -2.38. The summed E-state index contributed by atoms with van der Waals surface area (Å²) < 4.78 is 36.2. The minimum Gasteiger partial charge on any atom is -0.744 e. The van der Waals surface area contributed by atoms with E-state index in [1.165, 1.54) is 0 Å². The van der Waals surface area contributed by atoms with Crippen molar-refractivity contribution in [3.8, 4) is 0 Å². The first-order chi connectivity index (χ1) is 11.1. The van der Waals surface area contributed by atoms with Gasteiger partial charge < -0.3 is 4.55 Å². The van der Waals surface area contributed by atoms with Gasteiger partial charge in [0.15, 0.2) is 11.7 Å². The Morgan fingerprint density at radius 3 is 2.17 bits per heavy atom. The molecule has 0 bridgehead atoms. The van der Waals surface area contributed by atoms with Crippen LogP contribution in [0.25, 0.3) is 5.52 Å². The van der Waals surface area contributed by atoms with Crippen LogP contribution >= 0.6 is 0 Å². The van der Waals surface area contributed by atoms with E-state index in [0.717, 1.165) is 16.9 Å². The van der Waals surface area contributed by atoms with Gasteiger partial charge in [-0.25, -0.2) is 8.42 Å². The summed E-state index contributed by atoms with van der Waals surface area (Å²) in [4.78, 5) is -0.0851. The number of hydrogen-bond donors (Lipinski definition) is 1. The van der Waals surface area contributed by atoms with Crippen LogP contribution in [0.1, 0.15) is 22.5 Å². The lowest BCUT2D eigenvalue weighted by Gasteiger charge is -2.14. The van der Waals surface area contributed by atoms with Crippen molar-refractivity contribution in [1.29, 1.82) is 0 Å². The monoisotopic (exact) mass is 347 g/mol. The van der Waals surface area contributed by atoms with Crippen LogP contribution in [-0.2, 0) is 10.1 Å². The molecule has 3 aromatic rings. The average molecular weight is 347 g/mol. The maximum Gasteiger partial charge on any atom is 0.281 e. The maximum atomic E-state index is 10.8. The molecule has 2 heterocycles. The van der Waals surface area contributed by atoms with E-state index in [9.17, 15) is 13.0 Å². The van der Waals surface area contributed by atoms with Crippen molar-refractivity contribution in [1.82, 2.24) is 4.68 Å². The average Bonchev–Trinajstić information content (AvgIpc) is 2.72. The Morgan fingerprint density at radius 2 is 1.67 bits per heavy atom. The van der Waals surface area contributed by atoms with Gasteiger partial charge in [-0.3, -0.25) is 5.84 Å². The molecule has 0 radical (unpaired) electrons. The van der Waals surface area contributed by atoms with Gasteiger partial charge in [-0.05, 0) is 44.0 Å². The number of aromatic nitrogens is 2. The highest BCUT2D eigenvalue weighted by molar-refractivity contribution is 7.85. The molecule has 0 fully saturated rings. The van der Waals surface area contributed by atoms with Crippen LogP contribution < -0.4 is 10.2 Å². The van der Waals surface area contributed by atoms with E-state index in [0.29, 0.717) is 11.1 Å². The number of imidazole rings is 1. The number of nitrogens with two attached hydrogens (primary N) is 1. The highest BCUT2D eigenvalue weighted by Gasteiger charge is 2.10. The van der Waals surface area contributed by atoms with E-state index in [-0.39, 0.29) is 4.90 Å². The molecule has 0 atom stereocenters. The fourth-order valence-electron chi connectivity index (χ4n) is 2.78. The fraction of sp³-hybridized carbons (Fsp3) is 0.235. The summed E-state index contributed by atoms with van der Waals surface area (Å²) in [7, 11) is -4.33. The van der Waals surface area contributed by atoms with Crippen LogP contribution in [0.15, 0.2) is 47.6 Å². The summed E-state index contributed by atoms with van der Waals surface area (Å²) in [6.45, 7) is 7.10. The maximum absolute atomic E-state index is 10.8. The molecule has 128 valence electrons. The molecule has 2 aromatic heterocycles. The second-order valence-corrected chi connectivity index (χ2v) is 7.08. The number of aryl methyl sites for hydroxylation is 4. The SMILES string of the molecule is Cc1cc(C)c(S(=O)(=O)[O-])c(C)c1.Cc1n(N)cc2cccc[n+]12. The van der Waals surface area contributed by atoms with Gasteiger partial charge >= 0.3 is 0 Å². The first kappa shape index (κ1) is 18.0. The first-order valence-electron chi connectivity index (χ1n) is 7.38. The minimum atomic E-state index is -4.33. The zero-order valence-electron chi connectivity index (χ0n) is 14.1. The van der Waals surface area contributed by atoms with Crippen LogP contribution in [0.3, 0.4) is 0 Å². The van der Waals surface area contributed by atoms with E-state index in [4.69, 9.17) is 5.84 Å². The smallest absolute Gasteiger partial charge is 0.281 e. The van der Waals surface area contributed by atoms with Gasteiger partial charge in [0, 0.05) is 6.92 Å². The van der Waals surface area contributed by atoms with Gasteiger partial charge in [-0.2, -0.15) is 4.40 Å². The standard InChI is InChI=1S/C9H12O3S.C8H10N3/c1-6-4-7(2)9(8(3)5-6)13(10,11)12;1-7-10-5-3-2-4-8(10)6-11(7)9/h4-5H,1-3H3,(H,10,11,12);2-6H,9H2,1H3/q;+1/p-1. The van der Waals surface area contributed by atoms with Crippen LogP contribution in [-0.4, -0.2) is 17.6 Å². The predicted molar refractivity (Wildman–Crippen MR) is 91.1 cm³/mol. The number of fused-ring (bicyclic) bond motifs is 1. The number of benzene rings is 1. The van der Waals surface area contributed by atoms with Crippen LogP contribution in [0.2, 0.25) is 0 Å². The zero-order chi connectivity index (χ0) is 18.1. The third-order valence-electron chi connectivity index (χ3n) is 3.74. The van der Waals surface area contributed by atoms with Gasteiger partial charge in [0.1, 0.15) is 10.1 Å². The molecule has 0 spiro atoms. The molecule has 0 saturated heterocycles. The van der Waals surface area contributed by atoms with E-state index in [2.05, 4.69) is 0 Å².